The van der Waals surface area contributed by atoms with E-state index in [-0.39, 0.29) is 26.9 Å². The third-order valence-corrected chi connectivity index (χ3v) is 6.98. The van der Waals surface area contributed by atoms with Crippen molar-refractivity contribution in [2.24, 2.45) is 0 Å². The average Bonchev–Trinajstić information content (AvgIpc) is 3.00. The van der Waals surface area contributed by atoms with Gasteiger partial charge in [-0.1, -0.05) is 24.4 Å². The molecular formula is C20H22ClFN2O4S. The Morgan fingerprint density at radius 2 is 1.79 bits per heavy atom. The fourth-order valence-corrected chi connectivity index (χ4v) is 4.95. The number of carbonyl (C=O) groups excluding carboxylic acids is 1. The molecular weight excluding hydrogens is 419 g/mol. The molecule has 29 heavy (non-hydrogen) atoms. The maximum atomic E-state index is 13.3. The van der Waals surface area contributed by atoms with E-state index in [1.807, 2.05) is 0 Å². The molecule has 1 amide bonds. The van der Waals surface area contributed by atoms with Crippen LogP contribution < -0.4 is 10.1 Å². The predicted octanol–water partition coefficient (Wildman–Crippen LogP) is 4.30. The zero-order valence-corrected chi connectivity index (χ0v) is 17.5. The molecule has 1 heterocycles. The molecule has 2 aromatic rings. The number of hydrogen-bond acceptors (Lipinski definition) is 4. The van der Waals surface area contributed by atoms with Gasteiger partial charge in [-0.3, -0.25) is 4.79 Å². The minimum atomic E-state index is -3.72. The largest absolute Gasteiger partial charge is 0.496 e. The molecule has 0 spiro atoms. The molecule has 0 aliphatic carbocycles. The second-order valence-corrected chi connectivity index (χ2v) is 9.11. The highest BCUT2D eigenvalue weighted by Crippen LogP contribution is 2.27. The van der Waals surface area contributed by atoms with E-state index in [0.717, 1.165) is 31.7 Å². The lowest BCUT2D eigenvalue weighted by atomic mass is 10.2. The van der Waals surface area contributed by atoms with Crippen molar-refractivity contribution in [3.05, 3.63) is 52.8 Å². The van der Waals surface area contributed by atoms with Crippen molar-refractivity contribution in [3.8, 4) is 5.75 Å². The molecule has 9 heteroatoms. The van der Waals surface area contributed by atoms with E-state index in [4.69, 9.17) is 16.3 Å². The number of halogens is 2. The van der Waals surface area contributed by atoms with Gasteiger partial charge in [-0.15, -0.1) is 0 Å². The summed E-state index contributed by atoms with van der Waals surface area (Å²) in [7, 11) is -2.33. The smallest absolute Gasteiger partial charge is 0.259 e. The van der Waals surface area contributed by atoms with E-state index < -0.39 is 21.7 Å². The van der Waals surface area contributed by atoms with Crippen LogP contribution in [0.3, 0.4) is 0 Å². The number of rotatable bonds is 5. The lowest BCUT2D eigenvalue weighted by molar-refractivity contribution is 0.102. The van der Waals surface area contributed by atoms with E-state index in [2.05, 4.69) is 5.32 Å². The molecule has 1 aliphatic heterocycles. The van der Waals surface area contributed by atoms with Crippen molar-refractivity contribution in [1.82, 2.24) is 4.31 Å². The fraction of sp³-hybridized carbons (Fsp3) is 0.350. The first-order valence-electron chi connectivity index (χ1n) is 9.27. The van der Waals surface area contributed by atoms with Crippen molar-refractivity contribution >= 4 is 33.2 Å². The van der Waals surface area contributed by atoms with Gasteiger partial charge >= 0.3 is 0 Å². The molecule has 1 aliphatic rings. The van der Waals surface area contributed by atoms with Crippen LogP contribution in [0, 0.1) is 5.82 Å². The summed E-state index contributed by atoms with van der Waals surface area (Å²) in [6, 6.07) is 7.97. The van der Waals surface area contributed by atoms with Crippen LogP contribution in [0.2, 0.25) is 5.02 Å². The van der Waals surface area contributed by atoms with Gasteiger partial charge in [0.2, 0.25) is 10.0 Å². The minimum absolute atomic E-state index is 0.0301. The molecule has 1 saturated heterocycles. The normalized spacial score (nSPS) is 15.6. The van der Waals surface area contributed by atoms with Gasteiger partial charge in [-0.2, -0.15) is 4.31 Å². The van der Waals surface area contributed by atoms with Gasteiger partial charge in [0.1, 0.15) is 11.6 Å². The SMILES string of the molecule is COc1ccc(S(=O)(=O)N2CCCCCC2)cc1C(=O)Nc1ccc(F)c(Cl)c1. The van der Waals surface area contributed by atoms with Crippen molar-refractivity contribution in [1.29, 1.82) is 0 Å². The Balaban J connectivity index is 1.91. The van der Waals surface area contributed by atoms with Crippen LogP contribution >= 0.6 is 11.6 Å². The molecule has 156 valence electrons. The van der Waals surface area contributed by atoms with Gasteiger partial charge in [0.25, 0.3) is 5.91 Å². The maximum Gasteiger partial charge on any atom is 0.259 e. The summed E-state index contributed by atoms with van der Waals surface area (Å²) < 4.78 is 46.1. The van der Waals surface area contributed by atoms with Gasteiger partial charge < -0.3 is 10.1 Å². The molecule has 1 N–H and O–H groups in total. The van der Waals surface area contributed by atoms with Gasteiger partial charge in [0, 0.05) is 18.8 Å². The number of amides is 1. The molecule has 0 unspecified atom stereocenters. The van der Waals surface area contributed by atoms with Crippen LogP contribution in [0.1, 0.15) is 36.0 Å². The Hall–Kier alpha value is -2.16. The highest BCUT2D eigenvalue weighted by Gasteiger charge is 2.27. The quantitative estimate of drug-likeness (QED) is 0.751. The molecule has 2 aromatic carbocycles. The molecule has 3 rings (SSSR count). The summed E-state index contributed by atoms with van der Waals surface area (Å²) in [6.45, 7) is 0.925. The lowest BCUT2D eigenvalue weighted by Gasteiger charge is -2.20. The zero-order chi connectivity index (χ0) is 21.0. The number of nitrogens with one attached hydrogen (secondary N) is 1. The minimum Gasteiger partial charge on any atom is -0.496 e. The van der Waals surface area contributed by atoms with Gasteiger partial charge in [0.15, 0.2) is 0 Å². The number of hydrogen-bond donors (Lipinski definition) is 1. The highest BCUT2D eigenvalue weighted by molar-refractivity contribution is 7.89. The first-order chi connectivity index (χ1) is 13.8. The van der Waals surface area contributed by atoms with Crippen LogP contribution in [0.5, 0.6) is 5.75 Å². The number of methoxy groups -OCH3 is 1. The lowest BCUT2D eigenvalue weighted by Crippen LogP contribution is -2.32. The molecule has 0 bridgehead atoms. The third kappa shape index (κ3) is 4.88. The second kappa shape index (κ2) is 9.11. The second-order valence-electron chi connectivity index (χ2n) is 6.76. The molecule has 0 radical (unpaired) electrons. The Morgan fingerprint density at radius 3 is 2.41 bits per heavy atom. The Morgan fingerprint density at radius 1 is 1.10 bits per heavy atom. The monoisotopic (exact) mass is 440 g/mol. The Kier molecular flexibility index (Phi) is 6.77. The number of sulfonamides is 1. The number of anilines is 1. The molecule has 0 atom stereocenters. The van der Waals surface area contributed by atoms with E-state index in [1.54, 1.807) is 0 Å². The zero-order valence-electron chi connectivity index (χ0n) is 16.0. The third-order valence-electron chi connectivity index (χ3n) is 4.80. The molecule has 6 nitrogen and oxygen atoms in total. The van der Waals surface area contributed by atoms with Crippen LogP contribution in [0.15, 0.2) is 41.3 Å². The number of benzene rings is 2. The first kappa shape index (κ1) is 21.5. The van der Waals surface area contributed by atoms with Crippen LogP contribution in [-0.2, 0) is 10.0 Å². The summed E-state index contributed by atoms with van der Waals surface area (Å²) in [5, 5.41) is 2.46. The number of ether oxygens (including phenoxy) is 1. The molecule has 0 aromatic heterocycles. The van der Waals surface area contributed by atoms with Crippen molar-refractivity contribution < 1.29 is 22.3 Å². The average molecular weight is 441 g/mol. The van der Waals surface area contributed by atoms with E-state index in [1.165, 1.54) is 41.7 Å². The topological polar surface area (TPSA) is 75.7 Å². The standard InChI is InChI=1S/C20H22ClFN2O4S/c1-28-19-9-7-15(29(26,27)24-10-4-2-3-5-11-24)13-16(19)20(25)23-14-6-8-18(22)17(21)12-14/h6-9,12-13H,2-5,10-11H2,1H3,(H,23,25). The molecule has 0 saturated carbocycles. The van der Waals surface area contributed by atoms with Crippen LogP contribution in [0.4, 0.5) is 10.1 Å². The fourth-order valence-electron chi connectivity index (χ4n) is 3.23. The highest BCUT2D eigenvalue weighted by atomic mass is 35.5. The molecule has 1 fully saturated rings. The summed E-state index contributed by atoms with van der Waals surface area (Å²) in [5.74, 6) is -0.962. The summed E-state index contributed by atoms with van der Waals surface area (Å²) in [6.07, 6.45) is 3.63. The summed E-state index contributed by atoms with van der Waals surface area (Å²) in [5.41, 5.74) is 0.341. The number of nitrogens with zero attached hydrogens (tertiary/aromatic N) is 1. The predicted molar refractivity (Wildman–Crippen MR) is 110 cm³/mol. The Bertz CT molecular complexity index is 1010. The first-order valence-corrected chi connectivity index (χ1v) is 11.1. The number of carbonyl (C=O) groups is 1. The van der Waals surface area contributed by atoms with Crippen LogP contribution in [0.25, 0.3) is 0 Å². The van der Waals surface area contributed by atoms with E-state index >= 15 is 0 Å². The van der Waals surface area contributed by atoms with Gasteiger partial charge in [0.05, 0.1) is 22.6 Å². The van der Waals surface area contributed by atoms with Gasteiger partial charge in [-0.05, 0) is 49.2 Å². The van der Waals surface area contributed by atoms with E-state index in [0.29, 0.717) is 13.1 Å². The van der Waals surface area contributed by atoms with E-state index in [9.17, 15) is 17.6 Å². The van der Waals surface area contributed by atoms with Crippen molar-refractivity contribution in [3.63, 3.8) is 0 Å². The Labute approximate surface area is 174 Å². The van der Waals surface area contributed by atoms with Crippen LogP contribution in [-0.4, -0.2) is 38.8 Å². The summed E-state index contributed by atoms with van der Waals surface area (Å²) >= 11 is 5.75. The van der Waals surface area contributed by atoms with Crippen molar-refractivity contribution in [2.75, 3.05) is 25.5 Å². The maximum absolute atomic E-state index is 13.3. The van der Waals surface area contributed by atoms with Gasteiger partial charge in [-0.25, -0.2) is 12.8 Å². The summed E-state index contributed by atoms with van der Waals surface area (Å²) in [4.78, 5) is 12.8. The van der Waals surface area contributed by atoms with Crippen molar-refractivity contribution in [2.45, 2.75) is 30.6 Å².